The lowest BCUT2D eigenvalue weighted by Crippen LogP contribution is -2.00. The van der Waals surface area contributed by atoms with E-state index < -0.39 is 0 Å². The molecule has 0 radical (unpaired) electrons. The summed E-state index contributed by atoms with van der Waals surface area (Å²) >= 11 is 0. The molecule has 0 aliphatic rings. The Kier molecular flexibility index (Phi) is 9.71. The first kappa shape index (κ1) is 43.8. The highest BCUT2D eigenvalue weighted by atomic mass is 16.3. The monoisotopic (exact) mass is 1000 g/mol. The van der Waals surface area contributed by atoms with Gasteiger partial charge in [-0.25, -0.2) is 24.9 Å². The molecule has 0 fully saturated rings. The minimum Gasteiger partial charge on any atom is -0.456 e. The normalized spacial score (nSPS) is 12.0. The maximum Gasteiger partial charge on any atom is 0.162 e. The van der Waals surface area contributed by atoms with E-state index in [0.29, 0.717) is 11.6 Å². The molecule has 0 N–H and O–H groups in total. The lowest BCUT2D eigenvalue weighted by molar-refractivity contribution is 0.669. The van der Waals surface area contributed by atoms with Crippen LogP contribution in [0.1, 0.15) is 16.7 Å². The lowest BCUT2D eigenvalue weighted by Gasteiger charge is -2.14. The first-order valence-corrected chi connectivity index (χ1v) is 26.1. The molecule has 78 heavy (non-hydrogen) atoms. The predicted molar refractivity (Wildman–Crippen MR) is 314 cm³/mol. The van der Waals surface area contributed by atoms with Crippen molar-refractivity contribution in [1.29, 1.82) is 0 Å². The second-order valence-electron chi connectivity index (χ2n) is 20.1. The van der Waals surface area contributed by atoms with Crippen molar-refractivity contribution in [3.8, 4) is 56.7 Å². The molecule has 9 nitrogen and oxygen atoms in total. The van der Waals surface area contributed by atoms with Crippen molar-refractivity contribution >= 4 is 87.5 Å². The number of para-hydroxylation sites is 2. The van der Waals surface area contributed by atoms with Crippen LogP contribution in [0.25, 0.3) is 144 Å². The van der Waals surface area contributed by atoms with Crippen LogP contribution in [-0.4, -0.2) is 34.1 Å². The van der Waals surface area contributed by atoms with Gasteiger partial charge >= 0.3 is 0 Å². The standard InChI is InChI=1S/C69H43N7O2/c1-41-34-46(69-73-55(44-12-4-2-5-13-44)38-56(74-69)45-14-6-3-7-15-45)23-30-57(41)76-59-29-22-43(36-53(59)49-27-32-63-65(67(49)76)52-17-9-11-19-61(52)78-63)35-42-20-25-48(26-21-42)75-58-31-24-47(68-71-39-70-40-72-68)37-54(58)50-28-33-62-64(66(50)75)51-16-8-10-18-60(51)77-62/h2-34,36-40H,35H2,1H3. The van der Waals surface area contributed by atoms with E-state index in [1.165, 1.54) is 21.9 Å². The van der Waals surface area contributed by atoms with Gasteiger partial charge in [-0.05, 0) is 133 Å². The van der Waals surface area contributed by atoms with E-state index in [2.05, 4.69) is 219 Å². The van der Waals surface area contributed by atoms with Gasteiger partial charge < -0.3 is 18.0 Å². The van der Waals surface area contributed by atoms with Crippen LogP contribution in [-0.2, 0) is 6.42 Å². The molecule has 0 atom stereocenters. The molecule has 9 heteroatoms. The van der Waals surface area contributed by atoms with Crippen molar-refractivity contribution in [1.82, 2.24) is 34.1 Å². The molecule has 16 aromatic rings. The average molecular weight is 1000 g/mol. The summed E-state index contributed by atoms with van der Waals surface area (Å²) in [5.74, 6) is 1.31. The third kappa shape index (κ3) is 6.91. The molecule has 10 aromatic carbocycles. The quantitative estimate of drug-likeness (QED) is 0.149. The van der Waals surface area contributed by atoms with Gasteiger partial charge in [0.1, 0.15) is 35.0 Å². The third-order valence-electron chi connectivity index (χ3n) is 15.5. The van der Waals surface area contributed by atoms with Gasteiger partial charge in [-0.1, -0.05) is 115 Å². The zero-order chi connectivity index (χ0) is 51.4. The largest absolute Gasteiger partial charge is 0.456 e. The summed E-state index contributed by atoms with van der Waals surface area (Å²) in [6.07, 6.45) is 3.83. The molecule has 0 saturated carbocycles. The maximum absolute atomic E-state index is 6.55. The molecule has 0 saturated heterocycles. The molecule has 0 spiro atoms. The molecule has 0 unspecified atom stereocenters. The predicted octanol–water partition coefficient (Wildman–Crippen LogP) is 17.2. The van der Waals surface area contributed by atoms with E-state index in [-0.39, 0.29) is 0 Å². The maximum atomic E-state index is 6.55. The van der Waals surface area contributed by atoms with Gasteiger partial charge in [0.2, 0.25) is 0 Å². The van der Waals surface area contributed by atoms with Crippen LogP contribution >= 0.6 is 0 Å². The Balaban J connectivity index is 0.813. The van der Waals surface area contributed by atoms with E-state index in [1.54, 1.807) is 12.7 Å². The van der Waals surface area contributed by atoms with E-state index >= 15 is 0 Å². The minimum absolute atomic E-state index is 0.636. The van der Waals surface area contributed by atoms with E-state index in [1.807, 2.05) is 30.3 Å². The van der Waals surface area contributed by atoms with E-state index in [9.17, 15) is 0 Å². The number of rotatable bonds is 8. The molecule has 0 bridgehead atoms. The van der Waals surface area contributed by atoms with Gasteiger partial charge in [0.05, 0.1) is 44.2 Å². The van der Waals surface area contributed by atoms with Crippen molar-refractivity contribution in [2.75, 3.05) is 0 Å². The molecule has 366 valence electrons. The van der Waals surface area contributed by atoms with Crippen molar-refractivity contribution in [2.24, 2.45) is 0 Å². The Bertz CT molecular complexity index is 5000. The third-order valence-corrected chi connectivity index (χ3v) is 15.5. The fourth-order valence-corrected chi connectivity index (χ4v) is 12.0. The highest BCUT2D eigenvalue weighted by molar-refractivity contribution is 6.26. The van der Waals surface area contributed by atoms with Gasteiger partial charge in [-0.3, -0.25) is 0 Å². The van der Waals surface area contributed by atoms with Crippen molar-refractivity contribution < 1.29 is 8.83 Å². The van der Waals surface area contributed by atoms with Crippen molar-refractivity contribution in [3.05, 3.63) is 248 Å². The lowest BCUT2D eigenvalue weighted by atomic mass is 10.0. The van der Waals surface area contributed by atoms with Crippen LogP contribution in [0.2, 0.25) is 0 Å². The number of furan rings is 2. The summed E-state index contributed by atoms with van der Waals surface area (Å²) in [7, 11) is 0. The number of fused-ring (bicyclic) bond motifs is 14. The van der Waals surface area contributed by atoms with Gasteiger partial charge in [0, 0.05) is 65.9 Å². The molecule has 0 amide bonds. The van der Waals surface area contributed by atoms with Crippen LogP contribution in [0.5, 0.6) is 0 Å². The van der Waals surface area contributed by atoms with Gasteiger partial charge in [-0.15, -0.1) is 0 Å². The SMILES string of the molecule is Cc1cc(-c2nc(-c3ccccc3)cc(-c3ccccc3)n2)ccc1-n1c2ccc(Cc3ccc(-n4c5ccc(-c6ncncn6)cc5c5ccc6oc7ccccc7c6c54)cc3)cc2c2ccc3oc4ccccc4c3c21. The van der Waals surface area contributed by atoms with Crippen LogP contribution in [0.4, 0.5) is 0 Å². The Morgan fingerprint density at radius 3 is 1.56 bits per heavy atom. The highest BCUT2D eigenvalue weighted by Crippen LogP contribution is 2.44. The molecule has 6 aromatic heterocycles. The zero-order valence-electron chi connectivity index (χ0n) is 42.1. The number of nitrogens with zero attached hydrogens (tertiary/aromatic N) is 7. The van der Waals surface area contributed by atoms with Crippen LogP contribution in [0.3, 0.4) is 0 Å². The second-order valence-corrected chi connectivity index (χ2v) is 20.1. The highest BCUT2D eigenvalue weighted by Gasteiger charge is 2.23. The Labute approximate surface area is 446 Å². The smallest absolute Gasteiger partial charge is 0.162 e. The van der Waals surface area contributed by atoms with Gasteiger partial charge in [-0.2, -0.15) is 0 Å². The fourth-order valence-electron chi connectivity index (χ4n) is 12.0. The van der Waals surface area contributed by atoms with Crippen molar-refractivity contribution in [2.45, 2.75) is 13.3 Å². The van der Waals surface area contributed by atoms with Crippen LogP contribution in [0, 0.1) is 6.92 Å². The summed E-state index contributed by atoms with van der Waals surface area (Å²) in [4.78, 5) is 23.4. The minimum atomic E-state index is 0.636. The topological polar surface area (TPSA) is 101 Å². The van der Waals surface area contributed by atoms with E-state index in [4.69, 9.17) is 18.8 Å². The Hall–Kier alpha value is -10.5. The summed E-state index contributed by atoms with van der Waals surface area (Å²) in [5.41, 5.74) is 19.3. The summed E-state index contributed by atoms with van der Waals surface area (Å²) < 4.78 is 17.8. The molecular weight excluding hydrogens is 959 g/mol. The first-order chi connectivity index (χ1) is 38.6. The van der Waals surface area contributed by atoms with Crippen LogP contribution in [0.15, 0.2) is 240 Å². The Morgan fingerprint density at radius 1 is 0.385 bits per heavy atom. The van der Waals surface area contributed by atoms with E-state index in [0.717, 1.165) is 134 Å². The average Bonchev–Trinajstić information content (AvgIpc) is 4.43. The number of aryl methyl sites for hydroxylation is 1. The molecule has 16 rings (SSSR count). The zero-order valence-corrected chi connectivity index (χ0v) is 42.1. The number of benzene rings is 10. The molecular formula is C69H43N7O2. The summed E-state index contributed by atoms with van der Waals surface area (Å²) in [6, 6.07) is 77.1. The van der Waals surface area contributed by atoms with Crippen LogP contribution < -0.4 is 0 Å². The molecule has 6 heterocycles. The molecule has 0 aliphatic heterocycles. The van der Waals surface area contributed by atoms with Gasteiger partial charge in [0.15, 0.2) is 11.6 Å². The van der Waals surface area contributed by atoms with Gasteiger partial charge in [0.25, 0.3) is 0 Å². The fraction of sp³-hybridized carbons (Fsp3) is 0.0290. The number of hydrogen-bond acceptors (Lipinski definition) is 7. The number of aromatic nitrogens is 7. The summed E-state index contributed by atoms with van der Waals surface area (Å²) in [6.45, 7) is 2.19. The second kappa shape index (κ2) is 17.3. The summed E-state index contributed by atoms with van der Waals surface area (Å²) in [5, 5.41) is 8.94. The molecule has 0 aliphatic carbocycles. The van der Waals surface area contributed by atoms with Crippen molar-refractivity contribution in [3.63, 3.8) is 0 Å². The first-order valence-electron chi connectivity index (χ1n) is 26.1. The Morgan fingerprint density at radius 2 is 0.923 bits per heavy atom. The number of hydrogen-bond donors (Lipinski definition) is 0.